The second kappa shape index (κ2) is 7.58. The van der Waals surface area contributed by atoms with Crippen LogP contribution in [0.15, 0.2) is 53.1 Å². The van der Waals surface area contributed by atoms with Crippen LogP contribution in [-0.4, -0.2) is 39.7 Å². The number of hydrogen-bond donors (Lipinski definition) is 1. The number of hydrogen-bond acceptors (Lipinski definition) is 4. The third-order valence-corrected chi connectivity index (χ3v) is 5.15. The molecule has 0 bridgehead atoms. The van der Waals surface area contributed by atoms with Crippen LogP contribution < -0.4 is 5.73 Å². The summed E-state index contributed by atoms with van der Waals surface area (Å²) in [7, 11) is 0. The molecule has 0 saturated carbocycles. The molecule has 4 rings (SSSR count). The monoisotopic (exact) mass is 384 g/mol. The molecule has 7 heteroatoms. The van der Waals surface area contributed by atoms with E-state index in [1.807, 2.05) is 23.1 Å². The molecule has 27 heavy (non-hydrogen) atoms. The molecule has 1 unspecified atom stereocenters. The Morgan fingerprint density at radius 2 is 2.15 bits per heavy atom. The van der Waals surface area contributed by atoms with Gasteiger partial charge in [0.1, 0.15) is 5.69 Å². The van der Waals surface area contributed by atoms with Gasteiger partial charge in [0.2, 0.25) is 0 Å². The number of halogens is 1. The highest BCUT2D eigenvalue weighted by Gasteiger charge is 2.29. The van der Waals surface area contributed by atoms with E-state index in [1.54, 1.807) is 35.2 Å². The van der Waals surface area contributed by atoms with Gasteiger partial charge in [0.05, 0.1) is 12.0 Å². The second-order valence-electron chi connectivity index (χ2n) is 6.67. The van der Waals surface area contributed by atoms with Crippen molar-refractivity contribution in [3.63, 3.8) is 0 Å². The molecule has 1 aliphatic rings. The smallest absolute Gasteiger partial charge is 0.274 e. The van der Waals surface area contributed by atoms with Gasteiger partial charge in [-0.15, -0.1) is 0 Å². The van der Waals surface area contributed by atoms with Crippen molar-refractivity contribution in [2.75, 3.05) is 13.1 Å². The van der Waals surface area contributed by atoms with Gasteiger partial charge in [0.15, 0.2) is 11.5 Å². The highest BCUT2D eigenvalue weighted by atomic mass is 35.5. The van der Waals surface area contributed by atoms with Gasteiger partial charge in [0.25, 0.3) is 5.91 Å². The number of rotatable bonds is 4. The SMILES string of the molecule is NCC1CCCCN1C(=O)c1cc(-c2ccco2)n(-c2cccc(Cl)c2)n1. The van der Waals surface area contributed by atoms with Crippen molar-refractivity contribution in [1.82, 2.24) is 14.7 Å². The normalized spacial score (nSPS) is 17.3. The van der Waals surface area contributed by atoms with Crippen LogP contribution in [0.25, 0.3) is 17.1 Å². The Labute approximate surface area is 162 Å². The van der Waals surface area contributed by atoms with Crippen LogP contribution in [0.3, 0.4) is 0 Å². The lowest BCUT2D eigenvalue weighted by Crippen LogP contribution is -2.47. The molecule has 1 atom stereocenters. The maximum atomic E-state index is 13.1. The number of piperidine rings is 1. The second-order valence-corrected chi connectivity index (χ2v) is 7.10. The molecule has 0 aliphatic carbocycles. The quantitative estimate of drug-likeness (QED) is 0.743. The van der Waals surface area contributed by atoms with Crippen LogP contribution in [0.4, 0.5) is 0 Å². The highest BCUT2D eigenvalue weighted by molar-refractivity contribution is 6.30. The highest BCUT2D eigenvalue weighted by Crippen LogP contribution is 2.27. The average molecular weight is 385 g/mol. The summed E-state index contributed by atoms with van der Waals surface area (Å²) < 4.78 is 7.25. The van der Waals surface area contributed by atoms with Crippen LogP contribution >= 0.6 is 11.6 Å². The molecule has 3 aromatic rings. The lowest BCUT2D eigenvalue weighted by Gasteiger charge is -2.34. The first-order valence-electron chi connectivity index (χ1n) is 9.08. The molecule has 3 heterocycles. The van der Waals surface area contributed by atoms with Crippen LogP contribution in [0.5, 0.6) is 0 Å². The Balaban J connectivity index is 1.76. The number of likely N-dealkylation sites (tertiary alicyclic amines) is 1. The maximum absolute atomic E-state index is 13.1. The molecule has 0 radical (unpaired) electrons. The average Bonchev–Trinajstić information content (AvgIpc) is 3.37. The van der Waals surface area contributed by atoms with E-state index in [0.717, 1.165) is 24.9 Å². The molecule has 1 aromatic carbocycles. The first-order valence-corrected chi connectivity index (χ1v) is 9.46. The number of amides is 1. The lowest BCUT2D eigenvalue weighted by molar-refractivity contribution is 0.0617. The summed E-state index contributed by atoms with van der Waals surface area (Å²) in [5, 5.41) is 5.19. The van der Waals surface area contributed by atoms with Crippen LogP contribution in [0.1, 0.15) is 29.8 Å². The molecular weight excluding hydrogens is 364 g/mol. The minimum Gasteiger partial charge on any atom is -0.463 e. The Hall–Kier alpha value is -2.57. The van der Waals surface area contributed by atoms with Crippen LogP contribution in [-0.2, 0) is 0 Å². The van der Waals surface area contributed by atoms with E-state index >= 15 is 0 Å². The zero-order chi connectivity index (χ0) is 18.8. The van der Waals surface area contributed by atoms with E-state index in [9.17, 15) is 4.79 Å². The van der Waals surface area contributed by atoms with Crippen molar-refractivity contribution in [2.45, 2.75) is 25.3 Å². The Morgan fingerprint density at radius 1 is 1.26 bits per heavy atom. The van der Waals surface area contributed by atoms with E-state index in [0.29, 0.717) is 35.3 Å². The van der Waals surface area contributed by atoms with Gasteiger partial charge in [-0.2, -0.15) is 5.10 Å². The molecule has 140 valence electrons. The standard InChI is InChI=1S/C20H21ClN4O2/c21-14-5-3-7-15(11-14)25-18(19-8-4-10-27-19)12-17(23-25)20(26)24-9-2-1-6-16(24)13-22/h3-5,7-8,10-12,16H,1-2,6,9,13,22H2. The lowest BCUT2D eigenvalue weighted by atomic mass is 10.0. The number of benzene rings is 1. The summed E-state index contributed by atoms with van der Waals surface area (Å²) in [6.45, 7) is 1.17. The fourth-order valence-electron chi connectivity index (χ4n) is 3.55. The number of furan rings is 1. The van der Waals surface area contributed by atoms with Gasteiger partial charge in [0, 0.05) is 30.2 Å². The Bertz CT molecular complexity index is 935. The Morgan fingerprint density at radius 3 is 2.89 bits per heavy atom. The molecule has 1 aliphatic heterocycles. The third-order valence-electron chi connectivity index (χ3n) is 4.91. The van der Waals surface area contributed by atoms with E-state index in [4.69, 9.17) is 21.8 Å². The summed E-state index contributed by atoms with van der Waals surface area (Å²) in [4.78, 5) is 15.0. The van der Waals surface area contributed by atoms with Crippen molar-refractivity contribution < 1.29 is 9.21 Å². The zero-order valence-corrected chi connectivity index (χ0v) is 15.6. The number of nitrogens with zero attached hydrogens (tertiary/aromatic N) is 3. The van der Waals surface area contributed by atoms with Gasteiger partial charge in [-0.1, -0.05) is 17.7 Å². The van der Waals surface area contributed by atoms with Gasteiger partial charge in [-0.05, 0) is 49.6 Å². The summed E-state index contributed by atoms with van der Waals surface area (Å²) in [6, 6.07) is 12.8. The van der Waals surface area contributed by atoms with Gasteiger partial charge in [-0.25, -0.2) is 4.68 Å². The molecule has 6 nitrogen and oxygen atoms in total. The van der Waals surface area contributed by atoms with Gasteiger partial charge < -0.3 is 15.1 Å². The molecule has 1 amide bonds. The number of carbonyl (C=O) groups excluding carboxylic acids is 1. The number of nitrogens with two attached hydrogens (primary N) is 1. The summed E-state index contributed by atoms with van der Waals surface area (Å²) in [6.07, 6.45) is 4.62. The first-order chi connectivity index (χ1) is 13.2. The van der Waals surface area contributed by atoms with Crippen molar-refractivity contribution in [3.8, 4) is 17.1 Å². The van der Waals surface area contributed by atoms with Gasteiger partial charge >= 0.3 is 0 Å². The van der Waals surface area contributed by atoms with Crippen molar-refractivity contribution in [1.29, 1.82) is 0 Å². The summed E-state index contributed by atoms with van der Waals surface area (Å²) >= 11 is 6.15. The van der Waals surface area contributed by atoms with Crippen molar-refractivity contribution in [3.05, 3.63) is 59.4 Å². The van der Waals surface area contributed by atoms with Crippen LogP contribution in [0, 0.1) is 0 Å². The molecule has 2 N–H and O–H groups in total. The van der Waals surface area contributed by atoms with E-state index in [1.165, 1.54) is 0 Å². The minimum absolute atomic E-state index is 0.0645. The van der Waals surface area contributed by atoms with Crippen LogP contribution in [0.2, 0.25) is 5.02 Å². The molecule has 2 aromatic heterocycles. The minimum atomic E-state index is -0.0984. The fraction of sp³-hybridized carbons (Fsp3) is 0.300. The largest absolute Gasteiger partial charge is 0.463 e. The third kappa shape index (κ3) is 3.50. The first kappa shape index (κ1) is 17.8. The number of aromatic nitrogens is 2. The topological polar surface area (TPSA) is 77.3 Å². The predicted molar refractivity (Wildman–Crippen MR) is 104 cm³/mol. The number of carbonyl (C=O) groups is 1. The van der Waals surface area contributed by atoms with E-state index < -0.39 is 0 Å². The molecule has 1 fully saturated rings. The Kier molecular flexibility index (Phi) is 5.01. The molecular formula is C20H21ClN4O2. The molecule has 0 spiro atoms. The summed E-state index contributed by atoms with van der Waals surface area (Å²) in [5.41, 5.74) is 7.72. The van der Waals surface area contributed by atoms with E-state index in [2.05, 4.69) is 5.10 Å². The maximum Gasteiger partial charge on any atom is 0.274 e. The van der Waals surface area contributed by atoms with Crippen molar-refractivity contribution >= 4 is 17.5 Å². The summed E-state index contributed by atoms with van der Waals surface area (Å²) in [5.74, 6) is 0.536. The van der Waals surface area contributed by atoms with Gasteiger partial charge in [-0.3, -0.25) is 4.79 Å². The predicted octanol–water partition coefficient (Wildman–Crippen LogP) is 3.74. The molecule has 1 saturated heterocycles. The van der Waals surface area contributed by atoms with Crippen molar-refractivity contribution in [2.24, 2.45) is 5.73 Å². The fourth-order valence-corrected chi connectivity index (χ4v) is 3.73. The zero-order valence-electron chi connectivity index (χ0n) is 14.8. The van der Waals surface area contributed by atoms with E-state index in [-0.39, 0.29) is 11.9 Å².